The highest BCUT2D eigenvalue weighted by atomic mass is 35.5. The summed E-state index contributed by atoms with van der Waals surface area (Å²) in [5, 5.41) is 1.21. The zero-order valence-electron chi connectivity index (χ0n) is 25.1. The fraction of sp³-hybridized carbons (Fsp3) is 0.417. The van der Waals surface area contributed by atoms with Crippen LogP contribution in [-0.2, 0) is 0 Å². The number of hydrogen-bond acceptors (Lipinski definition) is 4. The molecule has 1 atom stereocenters. The number of likely N-dealkylation sites (tertiary alicyclic amines) is 2. The highest BCUT2D eigenvalue weighted by Crippen LogP contribution is 2.25. The van der Waals surface area contributed by atoms with E-state index in [2.05, 4.69) is 56.5 Å². The van der Waals surface area contributed by atoms with Crippen LogP contribution in [0.2, 0.25) is 10.0 Å². The number of carbonyl (C=O) groups excluding carboxylic acids is 1. The zero-order chi connectivity index (χ0) is 30.0. The van der Waals surface area contributed by atoms with Crippen molar-refractivity contribution in [3.8, 4) is 0 Å². The van der Waals surface area contributed by atoms with Gasteiger partial charge in [-0.05, 0) is 68.0 Å². The van der Waals surface area contributed by atoms with E-state index in [4.69, 9.17) is 23.2 Å². The van der Waals surface area contributed by atoms with Gasteiger partial charge in [0.15, 0.2) is 0 Å². The third-order valence-corrected chi connectivity index (χ3v) is 9.75. The SMILES string of the molecule is C=C(c1ccccc1)N1CCN(C2CN(CCCC3CCCN(C(=O)c4ccccc4)C3)C2)CC1.Clc1ccccc1Cl. The molecular formula is C36H44Cl2N4O. The van der Waals surface area contributed by atoms with E-state index in [1.807, 2.05) is 42.5 Å². The molecule has 0 N–H and O–H groups in total. The topological polar surface area (TPSA) is 30.0 Å². The van der Waals surface area contributed by atoms with Gasteiger partial charge in [0.1, 0.15) is 0 Å². The van der Waals surface area contributed by atoms with Gasteiger partial charge in [-0.2, -0.15) is 0 Å². The number of rotatable bonds is 8. The van der Waals surface area contributed by atoms with Crippen molar-refractivity contribution in [2.45, 2.75) is 31.7 Å². The van der Waals surface area contributed by atoms with Gasteiger partial charge in [0, 0.05) is 69.7 Å². The Morgan fingerprint density at radius 1 is 0.721 bits per heavy atom. The first-order valence-corrected chi connectivity index (χ1v) is 16.4. The van der Waals surface area contributed by atoms with Gasteiger partial charge in [-0.3, -0.25) is 9.69 Å². The summed E-state index contributed by atoms with van der Waals surface area (Å²) in [6.45, 7) is 14.2. The molecule has 0 radical (unpaired) electrons. The van der Waals surface area contributed by atoms with Crippen molar-refractivity contribution in [3.63, 3.8) is 0 Å². The zero-order valence-corrected chi connectivity index (χ0v) is 26.6. The van der Waals surface area contributed by atoms with Crippen molar-refractivity contribution in [2.75, 3.05) is 58.9 Å². The summed E-state index contributed by atoms with van der Waals surface area (Å²) in [4.78, 5) is 22.6. The Morgan fingerprint density at radius 2 is 1.30 bits per heavy atom. The van der Waals surface area contributed by atoms with Crippen LogP contribution >= 0.6 is 23.2 Å². The molecule has 43 heavy (non-hydrogen) atoms. The number of nitrogens with zero attached hydrogens (tertiary/aromatic N) is 4. The molecular weight excluding hydrogens is 575 g/mol. The van der Waals surface area contributed by atoms with Crippen LogP contribution in [0.4, 0.5) is 0 Å². The van der Waals surface area contributed by atoms with Gasteiger partial charge in [0.05, 0.1) is 10.0 Å². The van der Waals surface area contributed by atoms with Crippen LogP contribution in [0.25, 0.3) is 5.70 Å². The predicted molar refractivity (Wildman–Crippen MR) is 180 cm³/mol. The smallest absolute Gasteiger partial charge is 0.253 e. The Kier molecular flexibility index (Phi) is 11.6. The van der Waals surface area contributed by atoms with E-state index in [0.717, 1.165) is 63.0 Å². The Bertz CT molecular complexity index is 1290. The molecule has 0 bridgehead atoms. The minimum Gasteiger partial charge on any atom is -0.369 e. The van der Waals surface area contributed by atoms with Gasteiger partial charge in [-0.15, -0.1) is 0 Å². The number of piperidine rings is 1. The first-order chi connectivity index (χ1) is 21.0. The molecule has 3 aliphatic heterocycles. The number of piperazine rings is 1. The quantitative estimate of drug-likeness (QED) is 0.265. The van der Waals surface area contributed by atoms with Crippen molar-refractivity contribution in [1.82, 2.24) is 19.6 Å². The number of carbonyl (C=O) groups is 1. The largest absolute Gasteiger partial charge is 0.369 e. The van der Waals surface area contributed by atoms with E-state index in [9.17, 15) is 4.79 Å². The molecule has 0 saturated carbocycles. The molecule has 3 fully saturated rings. The molecule has 7 heteroatoms. The molecule has 6 rings (SSSR count). The standard InChI is InChI=1S/C30H40N4O.C6H4Cl2/c1-25(27-12-4-2-5-13-27)32-18-20-33(21-19-32)29-23-31(24-29)16-8-10-26-11-9-17-34(22-26)30(35)28-14-6-3-7-15-28;7-5-3-1-2-4-6(5)8/h2-7,12-15,26,29H,1,8-11,16-24H2;1-4H. The average molecular weight is 620 g/mol. The van der Waals surface area contributed by atoms with E-state index in [1.165, 1.54) is 44.5 Å². The number of benzene rings is 3. The average Bonchev–Trinajstić information content (AvgIpc) is 3.04. The molecule has 5 nitrogen and oxygen atoms in total. The van der Waals surface area contributed by atoms with Gasteiger partial charge in [-0.25, -0.2) is 0 Å². The minimum atomic E-state index is 0.202. The van der Waals surface area contributed by atoms with Crippen molar-refractivity contribution < 1.29 is 4.79 Å². The van der Waals surface area contributed by atoms with Crippen LogP contribution in [0.15, 0.2) is 91.5 Å². The summed E-state index contributed by atoms with van der Waals surface area (Å²) >= 11 is 11.2. The summed E-state index contributed by atoms with van der Waals surface area (Å²) in [6.07, 6.45) is 4.88. The first kappa shape index (κ1) is 31.6. The molecule has 0 aliphatic carbocycles. The normalized spacial score (nSPS) is 19.7. The molecule has 228 valence electrons. The molecule has 3 heterocycles. The minimum absolute atomic E-state index is 0.202. The van der Waals surface area contributed by atoms with Crippen molar-refractivity contribution >= 4 is 34.8 Å². The van der Waals surface area contributed by atoms with Crippen LogP contribution in [-0.4, -0.2) is 90.5 Å². The third-order valence-electron chi connectivity index (χ3n) is 9.00. The van der Waals surface area contributed by atoms with Crippen LogP contribution in [0, 0.1) is 5.92 Å². The lowest BCUT2D eigenvalue weighted by molar-refractivity contribution is 0.0125. The van der Waals surface area contributed by atoms with Gasteiger partial charge in [0.2, 0.25) is 0 Å². The van der Waals surface area contributed by atoms with E-state index < -0.39 is 0 Å². The molecule has 3 aromatic rings. The number of halogens is 2. The van der Waals surface area contributed by atoms with Crippen LogP contribution in [0.5, 0.6) is 0 Å². The maximum atomic E-state index is 12.8. The summed E-state index contributed by atoms with van der Waals surface area (Å²) in [7, 11) is 0. The van der Waals surface area contributed by atoms with Gasteiger partial charge in [0.25, 0.3) is 5.91 Å². The van der Waals surface area contributed by atoms with Crippen LogP contribution < -0.4 is 0 Å². The summed E-state index contributed by atoms with van der Waals surface area (Å²) < 4.78 is 0. The molecule has 1 unspecified atom stereocenters. The summed E-state index contributed by atoms with van der Waals surface area (Å²) in [5.74, 6) is 0.854. The lowest BCUT2D eigenvalue weighted by Gasteiger charge is -2.49. The predicted octanol–water partition coefficient (Wildman–Crippen LogP) is 7.29. The van der Waals surface area contributed by atoms with E-state index in [-0.39, 0.29) is 5.91 Å². The summed E-state index contributed by atoms with van der Waals surface area (Å²) in [5.41, 5.74) is 3.22. The Morgan fingerprint density at radius 3 is 1.91 bits per heavy atom. The van der Waals surface area contributed by atoms with Gasteiger partial charge >= 0.3 is 0 Å². The molecule has 1 amide bonds. The Hall–Kier alpha value is -2.83. The fourth-order valence-corrected chi connectivity index (χ4v) is 6.69. The third kappa shape index (κ3) is 8.86. The van der Waals surface area contributed by atoms with Gasteiger partial charge < -0.3 is 14.7 Å². The number of hydrogen-bond donors (Lipinski definition) is 0. The van der Waals surface area contributed by atoms with Crippen LogP contribution in [0.1, 0.15) is 41.6 Å². The molecule has 3 aromatic carbocycles. The maximum Gasteiger partial charge on any atom is 0.253 e. The fourth-order valence-electron chi connectivity index (χ4n) is 6.42. The summed E-state index contributed by atoms with van der Waals surface area (Å²) in [6, 6.07) is 28.2. The van der Waals surface area contributed by atoms with E-state index in [1.54, 1.807) is 12.1 Å². The Balaban J connectivity index is 0.000000400. The first-order valence-electron chi connectivity index (χ1n) is 15.7. The highest BCUT2D eigenvalue weighted by molar-refractivity contribution is 6.41. The van der Waals surface area contributed by atoms with Gasteiger partial charge in [-0.1, -0.05) is 90.4 Å². The van der Waals surface area contributed by atoms with Crippen molar-refractivity contribution in [3.05, 3.63) is 113 Å². The second-order valence-electron chi connectivity index (χ2n) is 11.9. The molecule has 0 spiro atoms. The lowest BCUT2D eigenvalue weighted by Crippen LogP contribution is -2.62. The monoisotopic (exact) mass is 618 g/mol. The Labute approximate surface area is 267 Å². The second kappa shape index (κ2) is 15.8. The second-order valence-corrected chi connectivity index (χ2v) is 12.7. The molecule has 3 saturated heterocycles. The highest BCUT2D eigenvalue weighted by Gasteiger charge is 2.33. The number of amides is 1. The molecule has 3 aliphatic rings. The lowest BCUT2D eigenvalue weighted by atomic mass is 9.92. The van der Waals surface area contributed by atoms with Crippen molar-refractivity contribution in [2.24, 2.45) is 5.92 Å². The van der Waals surface area contributed by atoms with E-state index in [0.29, 0.717) is 16.0 Å². The molecule has 0 aromatic heterocycles. The van der Waals surface area contributed by atoms with Crippen molar-refractivity contribution in [1.29, 1.82) is 0 Å². The van der Waals surface area contributed by atoms with Crippen LogP contribution in [0.3, 0.4) is 0 Å². The van der Waals surface area contributed by atoms with E-state index >= 15 is 0 Å². The maximum absolute atomic E-state index is 12.8.